The maximum absolute atomic E-state index is 13.0. The zero-order valence-corrected chi connectivity index (χ0v) is 20.3. The average Bonchev–Trinajstić information content (AvgIpc) is 2.79. The number of nitrogens with one attached hydrogen (secondary N) is 1. The second-order valence-electron chi connectivity index (χ2n) is 7.60. The normalized spacial score (nSPS) is 17.0. The molecule has 0 saturated carbocycles. The van der Waals surface area contributed by atoms with Crippen LogP contribution in [0.5, 0.6) is 0 Å². The molecule has 172 valence electrons. The molecule has 1 saturated heterocycles. The molecule has 1 heterocycles. The number of piperidine rings is 1. The maximum atomic E-state index is 13.0. The number of thioether (sulfide) groups is 1. The lowest BCUT2D eigenvalue weighted by atomic mass is 9.98. The molecule has 2 aromatic rings. The van der Waals surface area contributed by atoms with Crippen LogP contribution in [0.3, 0.4) is 0 Å². The number of hydrogen-bond donors (Lipinski definition) is 1. The fourth-order valence-electron chi connectivity index (χ4n) is 3.66. The number of likely N-dealkylation sites (N-methyl/N-ethyl adjacent to an activating group) is 1. The minimum atomic E-state index is -3.72. The largest absolute Gasteiger partial charge is 0.336 e. The fourth-order valence-corrected chi connectivity index (χ4v) is 5.86. The number of nitrogens with zero attached hydrogens (tertiary/aromatic N) is 2. The van der Waals surface area contributed by atoms with Crippen LogP contribution in [-0.4, -0.2) is 62.4 Å². The van der Waals surface area contributed by atoms with Crippen LogP contribution in [0.1, 0.15) is 12.8 Å². The Morgan fingerprint density at radius 3 is 2.56 bits per heavy atom. The summed E-state index contributed by atoms with van der Waals surface area (Å²) in [6.07, 6.45) is 3.07. The molecule has 2 amide bonds. The number of rotatable bonds is 7. The van der Waals surface area contributed by atoms with Crippen LogP contribution in [0, 0.1) is 5.92 Å². The number of sulfonamides is 1. The van der Waals surface area contributed by atoms with E-state index in [4.69, 9.17) is 11.6 Å². The van der Waals surface area contributed by atoms with Crippen molar-refractivity contribution < 1.29 is 18.0 Å². The maximum Gasteiger partial charge on any atom is 0.244 e. The molecule has 10 heteroatoms. The van der Waals surface area contributed by atoms with Crippen molar-refractivity contribution in [2.24, 2.45) is 5.92 Å². The highest BCUT2D eigenvalue weighted by Crippen LogP contribution is 2.26. The Morgan fingerprint density at radius 2 is 1.88 bits per heavy atom. The Balaban J connectivity index is 1.62. The molecule has 7 nitrogen and oxygen atoms in total. The lowest BCUT2D eigenvalue weighted by Gasteiger charge is -2.33. The first kappa shape index (κ1) is 24.6. The molecule has 1 aliphatic rings. The Bertz CT molecular complexity index is 1080. The van der Waals surface area contributed by atoms with E-state index in [2.05, 4.69) is 5.32 Å². The quantitative estimate of drug-likeness (QED) is 0.593. The van der Waals surface area contributed by atoms with Crippen LogP contribution in [0.4, 0.5) is 5.69 Å². The molecule has 1 unspecified atom stereocenters. The molecule has 0 aromatic heterocycles. The number of hydrogen-bond acceptors (Lipinski definition) is 5. The van der Waals surface area contributed by atoms with Crippen molar-refractivity contribution in [2.45, 2.75) is 22.6 Å². The van der Waals surface area contributed by atoms with Gasteiger partial charge in [0.05, 0.1) is 23.0 Å². The van der Waals surface area contributed by atoms with Gasteiger partial charge in [0, 0.05) is 30.1 Å². The monoisotopic (exact) mass is 495 g/mol. The Labute approximate surface area is 198 Å². The first-order valence-electron chi connectivity index (χ1n) is 10.2. The second kappa shape index (κ2) is 10.7. The van der Waals surface area contributed by atoms with Gasteiger partial charge in [0.25, 0.3) is 0 Å². The van der Waals surface area contributed by atoms with E-state index in [1.165, 1.54) is 45.2 Å². The van der Waals surface area contributed by atoms with Gasteiger partial charge in [-0.05, 0) is 55.5 Å². The second-order valence-corrected chi connectivity index (χ2v) is 10.8. The van der Waals surface area contributed by atoms with Crippen molar-refractivity contribution in [3.63, 3.8) is 0 Å². The van der Waals surface area contributed by atoms with Gasteiger partial charge in [-0.25, -0.2) is 8.42 Å². The first-order valence-corrected chi connectivity index (χ1v) is 13.2. The topological polar surface area (TPSA) is 86.8 Å². The predicted octanol–water partition coefficient (Wildman–Crippen LogP) is 3.56. The average molecular weight is 496 g/mol. The zero-order chi connectivity index (χ0) is 23.3. The Kier molecular flexibility index (Phi) is 8.21. The van der Waals surface area contributed by atoms with Crippen LogP contribution >= 0.6 is 23.4 Å². The van der Waals surface area contributed by atoms with Gasteiger partial charge < -0.3 is 10.2 Å². The standard InChI is InChI=1S/C22H26ClN3O4S2/c1-25(15-21(27)24-19-7-3-4-8-20(19)31-2)22(28)16-6-5-13-26(14-16)32(29,30)18-11-9-17(23)10-12-18/h3-4,7-12,16H,5-6,13-15H2,1-2H3,(H,24,27). The number of halogens is 1. The number of anilines is 1. The van der Waals surface area contributed by atoms with Crippen LogP contribution in [0.2, 0.25) is 5.02 Å². The third-order valence-electron chi connectivity index (χ3n) is 5.32. The molecule has 0 aliphatic carbocycles. The van der Waals surface area contributed by atoms with E-state index in [0.29, 0.717) is 30.1 Å². The molecule has 1 aliphatic heterocycles. The van der Waals surface area contributed by atoms with Gasteiger partial charge in [0.15, 0.2) is 0 Å². The van der Waals surface area contributed by atoms with E-state index in [0.717, 1.165) is 4.90 Å². The fraction of sp³-hybridized carbons (Fsp3) is 0.364. The number of carbonyl (C=O) groups is 2. The van der Waals surface area contributed by atoms with Crippen LogP contribution in [0.25, 0.3) is 0 Å². The molecular weight excluding hydrogens is 470 g/mol. The highest BCUT2D eigenvalue weighted by atomic mass is 35.5. The van der Waals surface area contributed by atoms with E-state index in [1.54, 1.807) is 7.05 Å². The molecule has 3 rings (SSSR count). The lowest BCUT2D eigenvalue weighted by Crippen LogP contribution is -2.47. The molecule has 2 aromatic carbocycles. The molecule has 0 radical (unpaired) electrons. The van der Waals surface area contributed by atoms with Crippen molar-refractivity contribution in [3.8, 4) is 0 Å². The summed E-state index contributed by atoms with van der Waals surface area (Å²) < 4.78 is 27.3. The minimum Gasteiger partial charge on any atom is -0.336 e. The van der Waals surface area contributed by atoms with E-state index < -0.39 is 15.9 Å². The number of benzene rings is 2. The Morgan fingerprint density at radius 1 is 1.19 bits per heavy atom. The first-order chi connectivity index (χ1) is 15.2. The molecule has 32 heavy (non-hydrogen) atoms. The molecule has 1 fully saturated rings. The smallest absolute Gasteiger partial charge is 0.244 e. The zero-order valence-electron chi connectivity index (χ0n) is 18.0. The summed E-state index contributed by atoms with van der Waals surface area (Å²) in [5.74, 6) is -1.04. The minimum absolute atomic E-state index is 0.0884. The van der Waals surface area contributed by atoms with E-state index >= 15 is 0 Å². The van der Waals surface area contributed by atoms with Gasteiger partial charge in [-0.15, -0.1) is 11.8 Å². The third kappa shape index (κ3) is 5.83. The van der Waals surface area contributed by atoms with Crippen LogP contribution in [0.15, 0.2) is 58.3 Å². The lowest BCUT2D eigenvalue weighted by molar-refractivity contribution is -0.138. The van der Waals surface area contributed by atoms with Gasteiger partial charge >= 0.3 is 0 Å². The van der Waals surface area contributed by atoms with E-state index in [9.17, 15) is 18.0 Å². The summed E-state index contributed by atoms with van der Waals surface area (Å²) in [6.45, 7) is 0.331. The molecule has 1 N–H and O–H groups in total. The van der Waals surface area contributed by atoms with Crippen molar-refractivity contribution in [2.75, 3.05) is 38.3 Å². The van der Waals surface area contributed by atoms with Gasteiger partial charge in [0.1, 0.15) is 0 Å². The molecular formula is C22H26ClN3O4S2. The van der Waals surface area contributed by atoms with Crippen LogP contribution in [-0.2, 0) is 19.6 Å². The van der Waals surface area contributed by atoms with Crippen LogP contribution < -0.4 is 5.32 Å². The summed E-state index contributed by atoms with van der Waals surface area (Å²) in [4.78, 5) is 27.9. The molecule has 1 atom stereocenters. The summed E-state index contributed by atoms with van der Waals surface area (Å²) in [5, 5.41) is 3.29. The van der Waals surface area contributed by atoms with Crippen molar-refractivity contribution in [1.82, 2.24) is 9.21 Å². The number of carbonyl (C=O) groups excluding carboxylic acids is 2. The van der Waals surface area contributed by atoms with E-state index in [1.807, 2.05) is 30.5 Å². The van der Waals surface area contributed by atoms with Crippen molar-refractivity contribution in [3.05, 3.63) is 53.6 Å². The van der Waals surface area contributed by atoms with Crippen molar-refractivity contribution >= 4 is 50.9 Å². The van der Waals surface area contributed by atoms with Gasteiger partial charge in [-0.1, -0.05) is 23.7 Å². The van der Waals surface area contributed by atoms with Gasteiger partial charge in [-0.2, -0.15) is 4.31 Å². The molecule has 0 spiro atoms. The van der Waals surface area contributed by atoms with Gasteiger partial charge in [-0.3, -0.25) is 9.59 Å². The third-order valence-corrected chi connectivity index (χ3v) is 8.25. The summed E-state index contributed by atoms with van der Waals surface area (Å²) in [6, 6.07) is 13.4. The summed E-state index contributed by atoms with van der Waals surface area (Å²) in [5.41, 5.74) is 0.698. The SMILES string of the molecule is CSc1ccccc1NC(=O)CN(C)C(=O)C1CCCN(S(=O)(=O)c2ccc(Cl)cc2)C1. The predicted molar refractivity (Wildman–Crippen MR) is 127 cm³/mol. The van der Waals surface area contributed by atoms with E-state index in [-0.39, 0.29) is 29.8 Å². The number of para-hydroxylation sites is 1. The Hall–Kier alpha value is -2.07. The van der Waals surface area contributed by atoms with Crippen molar-refractivity contribution in [1.29, 1.82) is 0 Å². The highest BCUT2D eigenvalue weighted by Gasteiger charge is 2.34. The highest BCUT2D eigenvalue weighted by molar-refractivity contribution is 7.98. The van der Waals surface area contributed by atoms with Gasteiger partial charge in [0.2, 0.25) is 21.8 Å². The summed E-state index contributed by atoms with van der Waals surface area (Å²) >= 11 is 7.39. The number of amides is 2. The summed E-state index contributed by atoms with van der Waals surface area (Å²) in [7, 11) is -2.16. The molecule has 0 bridgehead atoms.